The normalized spacial score (nSPS) is 20.8. The summed E-state index contributed by atoms with van der Waals surface area (Å²) in [5.41, 5.74) is 0.458. The van der Waals surface area contributed by atoms with E-state index in [-0.39, 0.29) is 5.60 Å². The fourth-order valence-corrected chi connectivity index (χ4v) is 2.88. The molecule has 0 saturated heterocycles. The second-order valence-corrected chi connectivity index (χ2v) is 5.16. The summed E-state index contributed by atoms with van der Waals surface area (Å²) in [4.78, 5) is 0. The van der Waals surface area contributed by atoms with Crippen LogP contribution in [0.5, 0.6) is 0 Å². The fraction of sp³-hybridized carbons (Fsp3) is 0.846. The Balaban J connectivity index is 2.05. The quantitative estimate of drug-likeness (QED) is 0.863. The average Bonchev–Trinajstić information content (AvgIpc) is 2.76. The van der Waals surface area contributed by atoms with Crippen molar-refractivity contribution >= 4 is 0 Å². The van der Waals surface area contributed by atoms with Gasteiger partial charge in [-0.15, -0.1) is 5.10 Å². The zero-order valence-electron chi connectivity index (χ0n) is 11.3. The molecule has 1 atom stereocenters. The highest BCUT2D eigenvalue weighted by Gasteiger charge is 2.40. The van der Waals surface area contributed by atoms with E-state index in [2.05, 4.69) is 10.3 Å². The third kappa shape index (κ3) is 2.90. The zero-order valence-corrected chi connectivity index (χ0v) is 11.3. The Kier molecular flexibility index (Phi) is 4.35. The summed E-state index contributed by atoms with van der Waals surface area (Å²) in [7, 11) is 1.84. The second kappa shape index (κ2) is 5.80. The van der Waals surface area contributed by atoms with Gasteiger partial charge in [0.05, 0.1) is 17.4 Å². The lowest BCUT2D eigenvalue weighted by Crippen LogP contribution is -2.47. The molecule has 5 nitrogen and oxygen atoms in total. The van der Waals surface area contributed by atoms with Gasteiger partial charge in [-0.25, -0.2) is 0 Å². The minimum atomic E-state index is -0.491. The molecule has 102 valence electrons. The summed E-state index contributed by atoms with van der Waals surface area (Å²) < 4.78 is 7.57. The summed E-state index contributed by atoms with van der Waals surface area (Å²) in [6.45, 7) is 2.64. The van der Waals surface area contributed by atoms with Gasteiger partial charge in [-0.3, -0.25) is 4.68 Å². The Hall–Kier alpha value is -0.940. The monoisotopic (exact) mass is 253 g/mol. The van der Waals surface area contributed by atoms with Crippen LogP contribution in [-0.2, 0) is 18.2 Å². The Labute approximate surface area is 108 Å². The molecule has 1 fully saturated rings. The van der Waals surface area contributed by atoms with Gasteiger partial charge < -0.3 is 9.84 Å². The minimum absolute atomic E-state index is 0.371. The molecular weight excluding hydrogens is 230 g/mol. The van der Waals surface area contributed by atoms with Crippen LogP contribution >= 0.6 is 0 Å². The van der Waals surface area contributed by atoms with E-state index in [1.54, 1.807) is 4.68 Å². The van der Waals surface area contributed by atoms with E-state index in [9.17, 15) is 5.11 Å². The van der Waals surface area contributed by atoms with Crippen LogP contribution in [-0.4, -0.2) is 38.4 Å². The van der Waals surface area contributed by atoms with Gasteiger partial charge in [0, 0.05) is 26.3 Å². The highest BCUT2D eigenvalue weighted by Crippen LogP contribution is 2.35. The van der Waals surface area contributed by atoms with Crippen molar-refractivity contribution in [1.29, 1.82) is 0 Å². The predicted molar refractivity (Wildman–Crippen MR) is 68.2 cm³/mol. The smallest absolute Gasteiger partial charge is 0.0943 e. The SMILES string of the molecule is CCOC1(C(O)Cc2cn(C)nn2)CCCCC1. The summed E-state index contributed by atoms with van der Waals surface area (Å²) in [5.74, 6) is 0. The average molecular weight is 253 g/mol. The van der Waals surface area contributed by atoms with Gasteiger partial charge in [0.2, 0.25) is 0 Å². The molecule has 1 aliphatic rings. The largest absolute Gasteiger partial charge is 0.390 e. The Morgan fingerprint density at radius 3 is 2.72 bits per heavy atom. The number of aliphatic hydroxyl groups is 1. The van der Waals surface area contributed by atoms with Crippen LogP contribution in [0, 0.1) is 0 Å². The summed E-state index contributed by atoms with van der Waals surface area (Å²) >= 11 is 0. The molecule has 1 saturated carbocycles. The van der Waals surface area contributed by atoms with Crippen molar-refractivity contribution in [2.45, 2.75) is 57.2 Å². The molecule has 0 spiro atoms. The maximum Gasteiger partial charge on any atom is 0.0943 e. The minimum Gasteiger partial charge on any atom is -0.390 e. The van der Waals surface area contributed by atoms with Crippen LogP contribution in [0.15, 0.2) is 6.20 Å². The lowest BCUT2D eigenvalue weighted by atomic mass is 9.79. The van der Waals surface area contributed by atoms with Crippen molar-refractivity contribution in [1.82, 2.24) is 15.0 Å². The van der Waals surface area contributed by atoms with E-state index in [0.29, 0.717) is 13.0 Å². The summed E-state index contributed by atoms with van der Waals surface area (Å²) in [5, 5.41) is 18.5. The molecule has 0 bridgehead atoms. The van der Waals surface area contributed by atoms with Crippen molar-refractivity contribution in [2.24, 2.45) is 7.05 Å². The first-order valence-electron chi connectivity index (χ1n) is 6.83. The summed E-state index contributed by atoms with van der Waals surface area (Å²) in [6, 6.07) is 0. The number of ether oxygens (including phenoxy) is 1. The van der Waals surface area contributed by atoms with Crippen LogP contribution in [0.1, 0.15) is 44.7 Å². The van der Waals surface area contributed by atoms with Gasteiger partial charge in [-0.1, -0.05) is 24.5 Å². The van der Waals surface area contributed by atoms with Crippen LogP contribution in [0.25, 0.3) is 0 Å². The lowest BCUT2D eigenvalue weighted by Gasteiger charge is -2.40. The van der Waals surface area contributed by atoms with E-state index in [0.717, 1.165) is 31.4 Å². The second-order valence-electron chi connectivity index (χ2n) is 5.16. The molecule has 1 aromatic rings. The number of aromatic nitrogens is 3. The molecule has 1 N–H and O–H groups in total. The van der Waals surface area contributed by atoms with Crippen LogP contribution in [0.4, 0.5) is 0 Å². The number of nitrogens with zero attached hydrogens (tertiary/aromatic N) is 3. The molecule has 2 rings (SSSR count). The van der Waals surface area contributed by atoms with Gasteiger partial charge in [0.1, 0.15) is 0 Å². The van der Waals surface area contributed by atoms with E-state index in [1.807, 2.05) is 20.2 Å². The Bertz CT molecular complexity index is 367. The molecule has 0 amide bonds. The van der Waals surface area contributed by atoms with Gasteiger partial charge >= 0.3 is 0 Å². The van der Waals surface area contributed by atoms with Crippen LogP contribution < -0.4 is 0 Å². The van der Waals surface area contributed by atoms with Crippen LogP contribution in [0.2, 0.25) is 0 Å². The maximum atomic E-state index is 10.5. The molecule has 1 aliphatic carbocycles. The number of rotatable bonds is 5. The van der Waals surface area contributed by atoms with Crippen molar-refractivity contribution in [3.63, 3.8) is 0 Å². The highest BCUT2D eigenvalue weighted by atomic mass is 16.5. The third-order valence-electron chi connectivity index (χ3n) is 3.79. The highest BCUT2D eigenvalue weighted by molar-refractivity contribution is 5.01. The van der Waals surface area contributed by atoms with Crippen molar-refractivity contribution in [2.75, 3.05) is 6.61 Å². The standard InChI is InChI=1S/C13H23N3O2/c1-3-18-13(7-5-4-6-8-13)12(17)9-11-10-16(2)15-14-11/h10,12,17H,3-9H2,1-2H3. The molecule has 1 unspecified atom stereocenters. The topological polar surface area (TPSA) is 60.2 Å². The Morgan fingerprint density at radius 1 is 1.44 bits per heavy atom. The number of aliphatic hydroxyl groups excluding tert-OH is 1. The number of hydrogen-bond acceptors (Lipinski definition) is 4. The first-order valence-corrected chi connectivity index (χ1v) is 6.83. The third-order valence-corrected chi connectivity index (χ3v) is 3.79. The van der Waals surface area contributed by atoms with E-state index >= 15 is 0 Å². The molecular formula is C13H23N3O2. The lowest BCUT2D eigenvalue weighted by molar-refractivity contribution is -0.139. The van der Waals surface area contributed by atoms with Gasteiger partial charge in [-0.2, -0.15) is 0 Å². The zero-order chi connectivity index (χ0) is 13.0. The van der Waals surface area contributed by atoms with Gasteiger partial charge in [0.25, 0.3) is 0 Å². The molecule has 0 aliphatic heterocycles. The first-order chi connectivity index (χ1) is 8.66. The number of hydrogen-bond donors (Lipinski definition) is 1. The maximum absolute atomic E-state index is 10.5. The summed E-state index contributed by atoms with van der Waals surface area (Å²) in [6.07, 6.45) is 7.29. The van der Waals surface area contributed by atoms with Crippen molar-refractivity contribution in [3.05, 3.63) is 11.9 Å². The van der Waals surface area contributed by atoms with Crippen molar-refractivity contribution in [3.8, 4) is 0 Å². The van der Waals surface area contributed by atoms with Crippen molar-refractivity contribution < 1.29 is 9.84 Å². The van der Waals surface area contributed by atoms with Gasteiger partial charge in [0.15, 0.2) is 0 Å². The molecule has 1 heterocycles. The molecule has 18 heavy (non-hydrogen) atoms. The fourth-order valence-electron chi connectivity index (χ4n) is 2.88. The molecule has 0 aromatic carbocycles. The molecule has 0 radical (unpaired) electrons. The van der Waals surface area contributed by atoms with E-state index in [4.69, 9.17) is 4.74 Å². The Morgan fingerprint density at radius 2 is 2.17 bits per heavy atom. The molecule has 1 aromatic heterocycles. The van der Waals surface area contributed by atoms with E-state index < -0.39 is 6.10 Å². The van der Waals surface area contributed by atoms with E-state index in [1.165, 1.54) is 6.42 Å². The van der Waals surface area contributed by atoms with Gasteiger partial charge in [-0.05, 0) is 19.8 Å². The first kappa shape index (κ1) is 13.5. The predicted octanol–water partition coefficient (Wildman–Crippen LogP) is 1.46. The molecule has 5 heteroatoms. The number of aryl methyl sites for hydroxylation is 1. The van der Waals surface area contributed by atoms with Crippen LogP contribution in [0.3, 0.4) is 0 Å².